The molecule has 6 heteroatoms. The highest BCUT2D eigenvalue weighted by molar-refractivity contribution is 6.30. The van der Waals surface area contributed by atoms with E-state index >= 15 is 0 Å². The standard InChI is InChI=1S/C24H20ClN5/c1-16-7-3-4-8-19(16)15-29-24-27-26-17(2)30(24)22-10-6-5-9-21(22)23(28-29)18-11-13-20(25)14-12-18/h3-14H,15H2,1-2H3. The van der Waals surface area contributed by atoms with Gasteiger partial charge in [-0.15, -0.1) is 10.2 Å². The zero-order valence-electron chi connectivity index (χ0n) is 16.7. The van der Waals surface area contributed by atoms with Gasteiger partial charge < -0.3 is 0 Å². The SMILES string of the molecule is Cc1ccccc1CN1N=C(c2ccc(Cl)cc2)c2ccccc2-n2c(C)nnc21. The van der Waals surface area contributed by atoms with E-state index in [2.05, 4.69) is 52.0 Å². The Kier molecular flexibility index (Phi) is 4.60. The van der Waals surface area contributed by atoms with Gasteiger partial charge in [0.05, 0.1) is 12.2 Å². The Morgan fingerprint density at radius 1 is 0.833 bits per heavy atom. The first kappa shape index (κ1) is 18.6. The first-order valence-electron chi connectivity index (χ1n) is 9.80. The highest BCUT2D eigenvalue weighted by Gasteiger charge is 2.26. The number of fused-ring (bicyclic) bond motifs is 3. The van der Waals surface area contributed by atoms with Crippen LogP contribution in [0.4, 0.5) is 5.95 Å². The molecule has 0 atom stereocenters. The van der Waals surface area contributed by atoms with E-state index in [1.165, 1.54) is 11.1 Å². The average Bonchev–Trinajstić information content (AvgIpc) is 3.08. The van der Waals surface area contributed by atoms with Gasteiger partial charge in [0, 0.05) is 16.1 Å². The Hall–Kier alpha value is -3.44. The van der Waals surface area contributed by atoms with Crippen molar-refractivity contribution >= 4 is 23.3 Å². The molecule has 4 aromatic rings. The third-order valence-corrected chi connectivity index (χ3v) is 5.61. The number of hydrogen-bond donors (Lipinski definition) is 0. The van der Waals surface area contributed by atoms with Crippen molar-refractivity contribution in [3.8, 4) is 5.69 Å². The van der Waals surface area contributed by atoms with Crippen molar-refractivity contribution < 1.29 is 0 Å². The van der Waals surface area contributed by atoms with Crippen LogP contribution in [0.15, 0.2) is 77.9 Å². The summed E-state index contributed by atoms with van der Waals surface area (Å²) in [6, 6.07) is 24.3. The summed E-state index contributed by atoms with van der Waals surface area (Å²) in [5.74, 6) is 1.52. The lowest BCUT2D eigenvalue weighted by Crippen LogP contribution is -2.21. The lowest BCUT2D eigenvalue weighted by molar-refractivity contribution is 0.792. The van der Waals surface area contributed by atoms with Crippen LogP contribution in [0.1, 0.15) is 28.1 Å². The van der Waals surface area contributed by atoms with Crippen LogP contribution in [-0.4, -0.2) is 20.5 Å². The molecule has 1 aliphatic rings. The number of aromatic nitrogens is 3. The molecule has 1 aliphatic heterocycles. The predicted octanol–water partition coefficient (Wildman–Crippen LogP) is 5.31. The van der Waals surface area contributed by atoms with Crippen LogP contribution in [-0.2, 0) is 6.54 Å². The molecular formula is C24H20ClN5. The van der Waals surface area contributed by atoms with Crippen molar-refractivity contribution in [1.29, 1.82) is 0 Å². The second-order valence-electron chi connectivity index (χ2n) is 7.34. The predicted molar refractivity (Wildman–Crippen MR) is 121 cm³/mol. The van der Waals surface area contributed by atoms with Gasteiger partial charge in [-0.05, 0) is 43.2 Å². The van der Waals surface area contributed by atoms with Gasteiger partial charge in [-0.2, -0.15) is 5.10 Å². The van der Waals surface area contributed by atoms with E-state index in [4.69, 9.17) is 16.7 Å². The van der Waals surface area contributed by atoms with Crippen LogP contribution in [0.25, 0.3) is 5.69 Å². The molecular weight excluding hydrogens is 394 g/mol. The molecule has 148 valence electrons. The summed E-state index contributed by atoms with van der Waals surface area (Å²) in [7, 11) is 0. The molecule has 0 saturated carbocycles. The summed E-state index contributed by atoms with van der Waals surface area (Å²) >= 11 is 6.14. The number of halogens is 1. The molecule has 3 aromatic carbocycles. The van der Waals surface area contributed by atoms with E-state index < -0.39 is 0 Å². The van der Waals surface area contributed by atoms with Crippen molar-refractivity contribution in [3.05, 3.63) is 106 Å². The Bertz CT molecular complexity index is 1260. The molecule has 0 aliphatic carbocycles. The maximum atomic E-state index is 6.14. The molecule has 0 saturated heterocycles. The fraction of sp³-hybridized carbons (Fsp3) is 0.125. The summed E-state index contributed by atoms with van der Waals surface area (Å²) in [5, 5.41) is 16.6. The Morgan fingerprint density at radius 3 is 2.37 bits per heavy atom. The van der Waals surface area contributed by atoms with Crippen molar-refractivity contribution in [1.82, 2.24) is 14.8 Å². The fourth-order valence-corrected chi connectivity index (χ4v) is 3.89. The van der Waals surface area contributed by atoms with E-state index in [1.807, 2.05) is 54.4 Å². The third kappa shape index (κ3) is 3.17. The van der Waals surface area contributed by atoms with Crippen molar-refractivity contribution in [2.75, 3.05) is 5.01 Å². The molecule has 0 unspecified atom stereocenters. The lowest BCUT2D eigenvalue weighted by Gasteiger charge is -2.19. The van der Waals surface area contributed by atoms with Gasteiger partial charge in [0.2, 0.25) is 0 Å². The van der Waals surface area contributed by atoms with E-state index in [0.717, 1.165) is 28.4 Å². The van der Waals surface area contributed by atoms with Gasteiger partial charge in [-0.3, -0.25) is 4.57 Å². The van der Waals surface area contributed by atoms with Crippen LogP contribution in [0, 0.1) is 13.8 Å². The Labute approximate surface area is 180 Å². The summed E-state index contributed by atoms with van der Waals surface area (Å²) in [4.78, 5) is 0. The molecule has 30 heavy (non-hydrogen) atoms. The maximum Gasteiger partial charge on any atom is 0.252 e. The molecule has 0 spiro atoms. The van der Waals surface area contributed by atoms with E-state index in [9.17, 15) is 0 Å². The number of rotatable bonds is 3. The number of aryl methyl sites for hydroxylation is 2. The molecule has 1 aromatic heterocycles. The van der Waals surface area contributed by atoms with Crippen LogP contribution < -0.4 is 5.01 Å². The average molecular weight is 414 g/mol. The molecule has 0 radical (unpaired) electrons. The van der Waals surface area contributed by atoms with Crippen LogP contribution in [0.2, 0.25) is 5.02 Å². The number of para-hydroxylation sites is 1. The Balaban J connectivity index is 1.74. The topological polar surface area (TPSA) is 46.3 Å². The van der Waals surface area contributed by atoms with Crippen LogP contribution in [0.5, 0.6) is 0 Å². The van der Waals surface area contributed by atoms with Crippen molar-refractivity contribution in [2.24, 2.45) is 5.10 Å². The largest absolute Gasteiger partial charge is 0.263 e. The van der Waals surface area contributed by atoms with Gasteiger partial charge in [0.25, 0.3) is 5.95 Å². The van der Waals surface area contributed by atoms with E-state index in [1.54, 1.807) is 0 Å². The summed E-state index contributed by atoms with van der Waals surface area (Å²) in [6.07, 6.45) is 0. The minimum absolute atomic E-state index is 0.593. The van der Waals surface area contributed by atoms with Gasteiger partial charge >= 0.3 is 0 Å². The second-order valence-corrected chi connectivity index (χ2v) is 7.78. The molecule has 0 amide bonds. The van der Waals surface area contributed by atoms with Crippen molar-refractivity contribution in [3.63, 3.8) is 0 Å². The van der Waals surface area contributed by atoms with Crippen molar-refractivity contribution in [2.45, 2.75) is 20.4 Å². The molecule has 0 fully saturated rings. The van der Waals surface area contributed by atoms with Gasteiger partial charge in [-0.25, -0.2) is 5.01 Å². The zero-order chi connectivity index (χ0) is 20.7. The smallest absolute Gasteiger partial charge is 0.252 e. The lowest BCUT2D eigenvalue weighted by atomic mass is 10.0. The highest BCUT2D eigenvalue weighted by atomic mass is 35.5. The second kappa shape index (κ2) is 7.43. The first-order chi connectivity index (χ1) is 14.6. The minimum atomic E-state index is 0.593. The van der Waals surface area contributed by atoms with E-state index in [-0.39, 0.29) is 0 Å². The van der Waals surface area contributed by atoms with Gasteiger partial charge in [0.15, 0.2) is 0 Å². The van der Waals surface area contributed by atoms with Gasteiger partial charge in [0.1, 0.15) is 11.5 Å². The quantitative estimate of drug-likeness (QED) is 0.457. The summed E-state index contributed by atoms with van der Waals surface area (Å²) in [6.45, 7) is 4.67. The third-order valence-electron chi connectivity index (χ3n) is 5.36. The molecule has 5 rings (SSSR count). The fourth-order valence-electron chi connectivity index (χ4n) is 3.76. The number of hydrogen-bond acceptors (Lipinski definition) is 4. The minimum Gasteiger partial charge on any atom is -0.263 e. The number of anilines is 1. The maximum absolute atomic E-state index is 6.14. The number of hydrazone groups is 1. The zero-order valence-corrected chi connectivity index (χ0v) is 17.5. The normalized spacial score (nSPS) is 12.8. The molecule has 0 bridgehead atoms. The van der Waals surface area contributed by atoms with Crippen LogP contribution >= 0.6 is 11.6 Å². The first-order valence-corrected chi connectivity index (χ1v) is 10.2. The molecule has 0 N–H and O–H groups in total. The molecule has 2 heterocycles. The number of nitrogens with zero attached hydrogens (tertiary/aromatic N) is 5. The molecule has 5 nitrogen and oxygen atoms in total. The van der Waals surface area contributed by atoms with Crippen LogP contribution in [0.3, 0.4) is 0 Å². The number of benzene rings is 3. The Morgan fingerprint density at radius 2 is 1.57 bits per heavy atom. The highest BCUT2D eigenvalue weighted by Crippen LogP contribution is 2.31. The monoisotopic (exact) mass is 413 g/mol. The van der Waals surface area contributed by atoms with E-state index in [0.29, 0.717) is 17.5 Å². The summed E-state index contributed by atoms with van der Waals surface area (Å²) < 4.78 is 2.07. The summed E-state index contributed by atoms with van der Waals surface area (Å²) in [5.41, 5.74) is 6.31. The van der Waals surface area contributed by atoms with Gasteiger partial charge in [-0.1, -0.05) is 66.2 Å².